The van der Waals surface area contributed by atoms with Crippen LogP contribution in [0.5, 0.6) is 0 Å². The van der Waals surface area contributed by atoms with Crippen molar-refractivity contribution in [1.82, 2.24) is 19.5 Å². The molecule has 0 spiro atoms. The highest BCUT2D eigenvalue weighted by Crippen LogP contribution is 2.44. The Kier molecular flexibility index (Phi) is 22.4. The number of unbranched alkanes of at least 4 members (excludes halogenated alkanes) is 15. The number of likely N-dealkylation sites (N-methyl/N-ethyl adjacent to an activating group) is 1. The first-order valence-corrected chi connectivity index (χ1v) is 21.6. The van der Waals surface area contributed by atoms with E-state index >= 15 is 0 Å². The van der Waals surface area contributed by atoms with E-state index in [9.17, 15) is 24.9 Å². The van der Waals surface area contributed by atoms with E-state index in [0.717, 1.165) is 18.4 Å². The highest BCUT2D eigenvalue weighted by molar-refractivity contribution is 7.47. The second-order valence-corrected chi connectivity index (χ2v) is 15.8. The zero-order valence-electron chi connectivity index (χ0n) is 32.9. The molecule has 0 aliphatic heterocycles. The van der Waals surface area contributed by atoms with Crippen molar-refractivity contribution < 1.29 is 38.2 Å². The van der Waals surface area contributed by atoms with Gasteiger partial charge in [0, 0.05) is 13.2 Å². The molecule has 0 bridgehead atoms. The van der Waals surface area contributed by atoms with Gasteiger partial charge in [-0.2, -0.15) is 10.4 Å². The molecule has 1 unspecified atom stereocenters. The molecule has 14 nitrogen and oxygen atoms in total. The Bertz CT molecular complexity index is 1540. The van der Waals surface area contributed by atoms with Crippen LogP contribution in [0.3, 0.4) is 0 Å². The smallest absolute Gasteiger partial charge is 0.419 e. The molecule has 0 saturated carbocycles. The summed E-state index contributed by atoms with van der Waals surface area (Å²) in [6, 6.07) is 12.5. The van der Waals surface area contributed by atoms with E-state index < -0.39 is 32.7 Å². The van der Waals surface area contributed by atoms with E-state index in [1.807, 2.05) is 42.3 Å². The van der Waals surface area contributed by atoms with Crippen molar-refractivity contribution in [2.24, 2.45) is 0 Å². The summed E-state index contributed by atoms with van der Waals surface area (Å²) in [6.45, 7) is 2.74. The van der Waals surface area contributed by atoms with Crippen LogP contribution in [-0.4, -0.2) is 86.3 Å². The van der Waals surface area contributed by atoms with Crippen molar-refractivity contribution in [1.29, 1.82) is 5.26 Å². The Morgan fingerprint density at radius 3 is 2.04 bits per heavy atom. The van der Waals surface area contributed by atoms with Gasteiger partial charge in [-0.15, -0.1) is 0 Å². The summed E-state index contributed by atoms with van der Waals surface area (Å²) in [4.78, 5) is 16.5. The number of nitrogens with zero attached hydrogens (tertiary/aromatic N) is 5. The number of fused-ring (bicyclic) bond motifs is 1. The van der Waals surface area contributed by atoms with Crippen LogP contribution in [-0.2, 0) is 29.6 Å². The number of aliphatic hydroxyl groups excluding tert-OH is 2. The second-order valence-electron chi connectivity index (χ2n) is 14.4. The summed E-state index contributed by atoms with van der Waals surface area (Å²) in [5, 5.41) is 35.0. The predicted molar refractivity (Wildman–Crippen MR) is 213 cm³/mol. The van der Waals surface area contributed by atoms with Crippen molar-refractivity contribution in [2.45, 2.75) is 141 Å². The number of phosphoric acid groups is 1. The van der Waals surface area contributed by atoms with Crippen molar-refractivity contribution in [3.8, 4) is 6.26 Å². The lowest BCUT2D eigenvalue weighted by Crippen LogP contribution is -2.39. The zero-order chi connectivity index (χ0) is 39.7. The van der Waals surface area contributed by atoms with Crippen LogP contribution in [0.25, 0.3) is 5.52 Å². The number of nitrogens with two attached hydrogens (primary N) is 1. The fraction of sp³-hybridized carbons (Fsp3) is 0.675. The van der Waals surface area contributed by atoms with E-state index in [2.05, 4.69) is 17.0 Å². The van der Waals surface area contributed by atoms with E-state index in [4.69, 9.17) is 24.3 Å². The molecule has 3 aromatic rings. The standard InChI is InChI=1S/C40H65N6O8P/c1-3-4-5-6-7-8-9-10-11-12-13-14-15-16-17-21-26-51-28-34(45(2)27-33-22-19-18-20-23-33)29-53-55(49,50)54-30-37(52-31-41)39(48)38(47)35-24-25-36-40(42)43-32-44-46(35)36/h18-20,22-25,32,34,37-39,47-48H,3-17,21,26-30H2,1-2H3,(H,49,50)(H2,42,43,44)/t34-,37-,38+,39-/m1/s1. The second kappa shape index (κ2) is 26.7. The molecule has 0 radical (unpaired) electrons. The number of nitrogen functional groups attached to an aromatic ring is 1. The molecule has 3 rings (SSSR count). The SMILES string of the molecule is CCCCCCCCCCCCCCCCCCOC[C@H](COP(=O)(O)OC[C@@H](OC#N)[C@@H](O)[C@@H](O)c1ccc2c(N)ncnn12)N(C)Cc1ccccc1. The van der Waals surface area contributed by atoms with Gasteiger partial charge in [0.2, 0.25) is 0 Å². The number of benzene rings is 1. The predicted octanol–water partition coefficient (Wildman–Crippen LogP) is 7.48. The van der Waals surface area contributed by atoms with Gasteiger partial charge in [0.1, 0.15) is 24.1 Å². The minimum atomic E-state index is -4.71. The number of aromatic nitrogens is 3. The molecule has 0 saturated heterocycles. The monoisotopic (exact) mass is 788 g/mol. The van der Waals surface area contributed by atoms with Crippen LogP contribution in [0.4, 0.5) is 5.82 Å². The van der Waals surface area contributed by atoms with Gasteiger partial charge in [0.15, 0.2) is 11.9 Å². The number of nitriles is 1. The van der Waals surface area contributed by atoms with Crippen molar-refractivity contribution >= 4 is 19.2 Å². The quantitative estimate of drug-likeness (QED) is 0.0276. The molecule has 5 atom stereocenters. The number of phosphoric ester groups is 1. The van der Waals surface area contributed by atoms with Crippen LogP contribution >= 0.6 is 7.82 Å². The largest absolute Gasteiger partial charge is 0.472 e. The van der Waals surface area contributed by atoms with Gasteiger partial charge >= 0.3 is 7.82 Å². The zero-order valence-corrected chi connectivity index (χ0v) is 33.8. The topological polar surface area (TPSA) is 198 Å². The van der Waals surface area contributed by atoms with E-state index in [0.29, 0.717) is 18.7 Å². The number of rotatable bonds is 32. The average Bonchev–Trinajstić information content (AvgIpc) is 3.62. The molecule has 1 aromatic carbocycles. The Morgan fingerprint density at radius 2 is 1.44 bits per heavy atom. The molecule has 5 N–H and O–H groups in total. The van der Waals surface area contributed by atoms with Crippen LogP contribution in [0.2, 0.25) is 0 Å². The summed E-state index contributed by atoms with van der Waals surface area (Å²) in [6.07, 6.45) is 18.5. The van der Waals surface area contributed by atoms with Gasteiger partial charge in [-0.25, -0.2) is 14.1 Å². The van der Waals surface area contributed by atoms with E-state index in [-0.39, 0.29) is 30.8 Å². The van der Waals surface area contributed by atoms with E-state index in [1.54, 1.807) is 6.07 Å². The van der Waals surface area contributed by atoms with Gasteiger partial charge in [-0.1, -0.05) is 134 Å². The highest BCUT2D eigenvalue weighted by Gasteiger charge is 2.35. The Labute approximate surface area is 327 Å². The molecular weight excluding hydrogens is 723 g/mol. The number of ether oxygens (including phenoxy) is 2. The first-order chi connectivity index (χ1) is 26.7. The summed E-state index contributed by atoms with van der Waals surface area (Å²) in [5.41, 5.74) is 7.45. The molecule has 2 aromatic heterocycles. The fourth-order valence-corrected chi connectivity index (χ4v) is 7.28. The lowest BCUT2D eigenvalue weighted by atomic mass is 10.0. The number of anilines is 1. The summed E-state index contributed by atoms with van der Waals surface area (Å²) < 4.78 is 35.8. The lowest BCUT2D eigenvalue weighted by molar-refractivity contribution is -0.0800. The van der Waals surface area contributed by atoms with Gasteiger partial charge in [0.05, 0.1) is 31.6 Å². The third-order valence-corrected chi connectivity index (χ3v) is 10.9. The minimum Gasteiger partial charge on any atom is -0.419 e. The first-order valence-electron chi connectivity index (χ1n) is 20.1. The maximum Gasteiger partial charge on any atom is 0.472 e. The normalized spacial score (nSPS) is 15.1. The van der Waals surface area contributed by atoms with Crippen LogP contribution in [0, 0.1) is 11.5 Å². The molecule has 55 heavy (non-hydrogen) atoms. The van der Waals surface area contributed by atoms with Crippen LogP contribution in [0.1, 0.15) is 127 Å². The Morgan fingerprint density at radius 1 is 0.855 bits per heavy atom. The third kappa shape index (κ3) is 17.7. The minimum absolute atomic E-state index is 0.135. The first kappa shape index (κ1) is 46.3. The molecule has 0 amide bonds. The molecular formula is C40H65N6O8P. The molecule has 2 heterocycles. The van der Waals surface area contributed by atoms with Crippen LogP contribution in [0.15, 0.2) is 48.8 Å². The van der Waals surface area contributed by atoms with Crippen molar-refractivity contribution in [3.05, 3.63) is 60.0 Å². The number of aliphatic hydroxyl groups is 2. The Balaban J connectivity index is 1.39. The van der Waals surface area contributed by atoms with Gasteiger partial charge in [-0.3, -0.25) is 13.9 Å². The molecule has 0 aliphatic rings. The van der Waals surface area contributed by atoms with Gasteiger partial charge < -0.3 is 30.3 Å². The Hall–Kier alpha value is -3.12. The van der Waals surface area contributed by atoms with Crippen molar-refractivity contribution in [2.75, 3.05) is 39.2 Å². The molecule has 0 fully saturated rings. The summed E-state index contributed by atoms with van der Waals surface area (Å²) in [7, 11) is -2.82. The highest BCUT2D eigenvalue weighted by atomic mass is 31.2. The molecule has 15 heteroatoms. The summed E-state index contributed by atoms with van der Waals surface area (Å²) in [5.74, 6) is 0.160. The van der Waals surface area contributed by atoms with Gasteiger partial charge in [-0.05, 0) is 31.2 Å². The molecule has 308 valence electrons. The third-order valence-electron chi connectivity index (χ3n) is 9.91. The van der Waals surface area contributed by atoms with Crippen LogP contribution < -0.4 is 5.73 Å². The maximum atomic E-state index is 13.0. The van der Waals surface area contributed by atoms with Crippen molar-refractivity contribution in [3.63, 3.8) is 0 Å². The fourth-order valence-electron chi connectivity index (χ4n) is 6.51. The maximum absolute atomic E-state index is 13.0. The number of hydrogen-bond acceptors (Lipinski definition) is 12. The number of hydrogen-bond donors (Lipinski definition) is 4. The lowest BCUT2D eigenvalue weighted by Gasteiger charge is -2.29. The van der Waals surface area contributed by atoms with Gasteiger partial charge in [0.25, 0.3) is 6.26 Å². The van der Waals surface area contributed by atoms with E-state index in [1.165, 1.54) is 113 Å². The average molecular weight is 789 g/mol. The summed E-state index contributed by atoms with van der Waals surface area (Å²) >= 11 is 0. The molecule has 0 aliphatic carbocycles.